The zero-order valence-electron chi connectivity index (χ0n) is 17.6. The average molecular weight is 535 g/mol. The molecule has 8 nitrogen and oxygen atoms in total. The molecule has 9 heteroatoms. The van der Waals surface area contributed by atoms with Crippen molar-refractivity contribution in [2.45, 2.75) is 32.8 Å². The molecule has 2 aromatic heterocycles. The smallest absolute Gasteiger partial charge is 0.308 e. The molecule has 1 aromatic carbocycles. The summed E-state index contributed by atoms with van der Waals surface area (Å²) in [6.07, 6.45) is 3.63. The second-order valence-corrected chi connectivity index (χ2v) is 7.89. The number of hydrogen-bond acceptors (Lipinski definition) is 5. The quantitative estimate of drug-likeness (QED) is 0.193. The van der Waals surface area contributed by atoms with E-state index < -0.39 is 5.60 Å². The summed E-state index contributed by atoms with van der Waals surface area (Å²) >= 11 is 0. The number of carbonyl (C=O) groups is 2. The summed E-state index contributed by atoms with van der Waals surface area (Å²) in [5.41, 5.74) is 8.37. The number of amides is 1. The Morgan fingerprint density at radius 3 is 2.35 bits per heavy atom. The molecule has 164 valence electrons. The molecule has 0 aliphatic rings. The number of pyridine rings is 1. The summed E-state index contributed by atoms with van der Waals surface area (Å²) in [6, 6.07) is 10.7. The van der Waals surface area contributed by atoms with Crippen molar-refractivity contribution in [1.82, 2.24) is 14.7 Å². The normalized spacial score (nSPS) is 10.9. The first kappa shape index (κ1) is 24.3. The zero-order valence-corrected chi connectivity index (χ0v) is 20.0. The van der Waals surface area contributed by atoms with E-state index in [-0.39, 0.29) is 54.7 Å². The van der Waals surface area contributed by atoms with Gasteiger partial charge in [-0.15, -0.1) is 24.0 Å². The molecule has 3 rings (SSSR count). The van der Waals surface area contributed by atoms with E-state index in [9.17, 15) is 9.59 Å². The highest BCUT2D eigenvalue weighted by molar-refractivity contribution is 14.0. The van der Waals surface area contributed by atoms with Crippen LogP contribution in [0.2, 0.25) is 0 Å². The van der Waals surface area contributed by atoms with Gasteiger partial charge >= 0.3 is 5.97 Å². The standard InChI is InChI=1S/C22H25N5O3.HI/c1-22(2,3)30-19(28)10-11-25-21(29)16-8-9-18-26-17(13-27(18)12-16)14-4-6-15(7-5-14)20(23)24;/h4-9,12-13H,10-11H2,1-3H3,(H3,23,24)(H,25,29);1H. The number of imidazole rings is 1. The number of nitrogens with one attached hydrogen (secondary N) is 2. The minimum atomic E-state index is -0.544. The number of nitrogens with two attached hydrogens (primary N) is 1. The fraction of sp³-hybridized carbons (Fsp3) is 0.273. The van der Waals surface area contributed by atoms with Crippen LogP contribution in [0.5, 0.6) is 0 Å². The third-order valence-electron chi connectivity index (χ3n) is 4.24. The van der Waals surface area contributed by atoms with E-state index in [0.717, 1.165) is 11.3 Å². The number of nitrogen functional groups attached to an aromatic ring is 1. The summed E-state index contributed by atoms with van der Waals surface area (Å²) in [4.78, 5) is 28.7. The second kappa shape index (κ2) is 9.90. The van der Waals surface area contributed by atoms with E-state index in [1.54, 1.807) is 55.6 Å². The van der Waals surface area contributed by atoms with Crippen molar-refractivity contribution >= 4 is 47.3 Å². The highest BCUT2D eigenvalue weighted by Gasteiger charge is 2.16. The molecule has 0 radical (unpaired) electrons. The first-order valence-corrected chi connectivity index (χ1v) is 9.56. The number of halogens is 1. The van der Waals surface area contributed by atoms with Gasteiger partial charge in [0, 0.05) is 30.1 Å². The van der Waals surface area contributed by atoms with E-state index in [2.05, 4.69) is 10.3 Å². The maximum Gasteiger partial charge on any atom is 0.308 e. The number of benzene rings is 1. The van der Waals surface area contributed by atoms with E-state index >= 15 is 0 Å². The number of fused-ring (bicyclic) bond motifs is 1. The molecule has 0 fully saturated rings. The number of amidine groups is 1. The summed E-state index contributed by atoms with van der Waals surface area (Å²) in [5.74, 6) is -0.617. The van der Waals surface area contributed by atoms with Gasteiger partial charge in [0.2, 0.25) is 0 Å². The number of hydrogen-bond donors (Lipinski definition) is 3. The van der Waals surface area contributed by atoms with Crippen LogP contribution >= 0.6 is 24.0 Å². The molecule has 4 N–H and O–H groups in total. The lowest BCUT2D eigenvalue weighted by Gasteiger charge is -2.19. The van der Waals surface area contributed by atoms with Crippen molar-refractivity contribution in [3.63, 3.8) is 0 Å². The van der Waals surface area contributed by atoms with Crippen LogP contribution in [0.4, 0.5) is 0 Å². The van der Waals surface area contributed by atoms with Crippen LogP contribution in [0, 0.1) is 5.41 Å². The third kappa shape index (κ3) is 6.51. The summed E-state index contributed by atoms with van der Waals surface area (Å²) < 4.78 is 7.00. The molecule has 0 aliphatic heterocycles. The lowest BCUT2D eigenvalue weighted by molar-refractivity contribution is -0.154. The van der Waals surface area contributed by atoms with Crippen molar-refractivity contribution in [1.29, 1.82) is 5.41 Å². The molecule has 31 heavy (non-hydrogen) atoms. The van der Waals surface area contributed by atoms with Gasteiger partial charge in [-0.25, -0.2) is 4.98 Å². The van der Waals surface area contributed by atoms with E-state index in [1.165, 1.54) is 0 Å². The summed E-state index contributed by atoms with van der Waals surface area (Å²) in [7, 11) is 0. The Labute approximate surface area is 197 Å². The van der Waals surface area contributed by atoms with Gasteiger partial charge < -0.3 is 20.2 Å². The first-order chi connectivity index (χ1) is 14.1. The van der Waals surface area contributed by atoms with E-state index in [4.69, 9.17) is 15.9 Å². The molecule has 0 atom stereocenters. The topological polar surface area (TPSA) is 123 Å². The molecule has 2 heterocycles. The van der Waals surface area contributed by atoms with Gasteiger partial charge in [-0.3, -0.25) is 15.0 Å². The molecule has 0 saturated carbocycles. The predicted molar refractivity (Wildman–Crippen MR) is 130 cm³/mol. The number of esters is 1. The SMILES string of the molecule is CC(C)(C)OC(=O)CCNC(=O)c1ccc2nc(-c3ccc(C(=N)N)cc3)cn2c1.I. The van der Waals surface area contributed by atoms with Gasteiger partial charge in [0.15, 0.2) is 0 Å². The lowest BCUT2D eigenvalue weighted by atomic mass is 10.1. The molecular formula is C22H26IN5O3. The molecule has 0 saturated heterocycles. The molecule has 0 spiro atoms. The van der Waals surface area contributed by atoms with Gasteiger partial charge in [0.1, 0.15) is 17.1 Å². The summed E-state index contributed by atoms with van der Waals surface area (Å²) in [5, 5.41) is 10.2. The predicted octanol–water partition coefficient (Wildman–Crippen LogP) is 3.36. The van der Waals surface area contributed by atoms with Crippen LogP contribution < -0.4 is 11.1 Å². The lowest BCUT2D eigenvalue weighted by Crippen LogP contribution is -2.29. The van der Waals surface area contributed by atoms with Gasteiger partial charge in [-0.2, -0.15) is 0 Å². The number of nitrogens with zero attached hydrogens (tertiary/aromatic N) is 2. The Morgan fingerprint density at radius 2 is 1.74 bits per heavy atom. The molecular weight excluding hydrogens is 509 g/mol. The number of aromatic nitrogens is 2. The Kier molecular flexibility index (Phi) is 7.77. The van der Waals surface area contributed by atoms with Crippen LogP contribution in [0.3, 0.4) is 0 Å². The van der Waals surface area contributed by atoms with Gasteiger partial charge in [0.25, 0.3) is 5.91 Å². The van der Waals surface area contributed by atoms with Crippen molar-refractivity contribution in [3.05, 3.63) is 59.9 Å². The number of ether oxygens (including phenoxy) is 1. The van der Waals surface area contributed by atoms with Crippen LogP contribution in [-0.2, 0) is 9.53 Å². The van der Waals surface area contributed by atoms with E-state index in [1.807, 2.05) is 18.3 Å². The fourth-order valence-electron chi connectivity index (χ4n) is 2.86. The summed E-state index contributed by atoms with van der Waals surface area (Å²) in [6.45, 7) is 5.60. The Balaban J connectivity index is 0.00000341. The Bertz CT molecular complexity index is 1100. The fourth-order valence-corrected chi connectivity index (χ4v) is 2.86. The van der Waals surface area contributed by atoms with Crippen molar-refractivity contribution in [2.75, 3.05) is 6.54 Å². The van der Waals surface area contributed by atoms with E-state index in [0.29, 0.717) is 16.8 Å². The van der Waals surface area contributed by atoms with Gasteiger partial charge in [0.05, 0.1) is 17.7 Å². The number of rotatable bonds is 6. The third-order valence-corrected chi connectivity index (χ3v) is 4.24. The van der Waals surface area contributed by atoms with Gasteiger partial charge in [-0.05, 0) is 32.9 Å². The second-order valence-electron chi connectivity index (χ2n) is 7.89. The maximum atomic E-state index is 12.4. The maximum absolute atomic E-state index is 12.4. The Hall–Kier alpha value is -2.95. The van der Waals surface area contributed by atoms with Crippen molar-refractivity contribution in [3.8, 4) is 11.3 Å². The zero-order chi connectivity index (χ0) is 21.9. The molecule has 0 unspecified atom stereocenters. The molecule has 0 bridgehead atoms. The molecule has 3 aromatic rings. The largest absolute Gasteiger partial charge is 0.460 e. The average Bonchev–Trinajstić information content (AvgIpc) is 3.09. The monoisotopic (exact) mass is 535 g/mol. The van der Waals surface area contributed by atoms with Crippen molar-refractivity contribution < 1.29 is 14.3 Å². The number of carbonyl (C=O) groups excluding carboxylic acids is 2. The van der Waals surface area contributed by atoms with Crippen LogP contribution in [0.15, 0.2) is 48.8 Å². The molecule has 1 amide bonds. The first-order valence-electron chi connectivity index (χ1n) is 9.56. The highest BCUT2D eigenvalue weighted by atomic mass is 127. The Morgan fingerprint density at radius 1 is 1.10 bits per heavy atom. The van der Waals surface area contributed by atoms with Crippen LogP contribution in [-0.4, -0.2) is 39.2 Å². The van der Waals surface area contributed by atoms with Crippen LogP contribution in [0.1, 0.15) is 43.1 Å². The van der Waals surface area contributed by atoms with Crippen LogP contribution in [0.25, 0.3) is 16.9 Å². The molecule has 0 aliphatic carbocycles. The minimum absolute atomic E-state index is 0. The van der Waals surface area contributed by atoms with Gasteiger partial charge in [-0.1, -0.05) is 24.3 Å². The highest BCUT2D eigenvalue weighted by Crippen LogP contribution is 2.20. The van der Waals surface area contributed by atoms with Crippen molar-refractivity contribution in [2.24, 2.45) is 5.73 Å². The minimum Gasteiger partial charge on any atom is -0.460 e.